The standard InChI is InChI=1S/C6H11BrN2O2S/c1-12-6(5-9(10)11)8-4-2-3-7/h2-5H2,1H3. The van der Waals surface area contributed by atoms with Gasteiger partial charge in [-0.25, -0.2) is 0 Å². The first kappa shape index (κ1) is 11.9. The van der Waals surface area contributed by atoms with E-state index in [1.54, 1.807) is 6.26 Å². The Kier molecular flexibility index (Phi) is 7.48. The van der Waals surface area contributed by atoms with E-state index in [9.17, 15) is 10.1 Å². The maximum absolute atomic E-state index is 10.1. The molecule has 0 aliphatic carbocycles. The van der Waals surface area contributed by atoms with Crippen molar-refractivity contribution in [2.45, 2.75) is 6.42 Å². The van der Waals surface area contributed by atoms with Crippen LogP contribution in [0.15, 0.2) is 4.99 Å². The van der Waals surface area contributed by atoms with Crippen molar-refractivity contribution in [2.24, 2.45) is 4.99 Å². The van der Waals surface area contributed by atoms with E-state index in [4.69, 9.17) is 0 Å². The van der Waals surface area contributed by atoms with Crippen molar-refractivity contribution in [2.75, 3.05) is 24.7 Å². The molecule has 0 radical (unpaired) electrons. The molecule has 0 saturated carbocycles. The molecule has 4 nitrogen and oxygen atoms in total. The molecule has 0 aliphatic heterocycles. The molecule has 0 amide bonds. The van der Waals surface area contributed by atoms with E-state index >= 15 is 0 Å². The van der Waals surface area contributed by atoms with E-state index in [0.717, 1.165) is 11.8 Å². The van der Waals surface area contributed by atoms with Gasteiger partial charge in [-0.05, 0) is 12.7 Å². The quantitative estimate of drug-likeness (QED) is 0.188. The molecule has 0 spiro atoms. The summed E-state index contributed by atoms with van der Waals surface area (Å²) in [6, 6.07) is 0. The monoisotopic (exact) mass is 254 g/mol. The van der Waals surface area contributed by atoms with Crippen LogP contribution in [0.4, 0.5) is 0 Å². The van der Waals surface area contributed by atoms with Gasteiger partial charge in [-0.1, -0.05) is 15.9 Å². The van der Waals surface area contributed by atoms with Gasteiger partial charge >= 0.3 is 0 Å². The Morgan fingerprint density at radius 2 is 2.42 bits per heavy atom. The Bertz CT molecular complexity index is 175. The van der Waals surface area contributed by atoms with Gasteiger partial charge in [-0.15, -0.1) is 11.8 Å². The van der Waals surface area contributed by atoms with Crippen LogP contribution in [0.25, 0.3) is 0 Å². The summed E-state index contributed by atoms with van der Waals surface area (Å²) in [7, 11) is 0. The highest BCUT2D eigenvalue weighted by Crippen LogP contribution is 2.00. The highest BCUT2D eigenvalue weighted by atomic mass is 79.9. The Labute approximate surface area is 84.1 Å². The van der Waals surface area contributed by atoms with E-state index in [1.165, 1.54) is 11.8 Å². The van der Waals surface area contributed by atoms with Crippen molar-refractivity contribution in [1.29, 1.82) is 0 Å². The molecule has 0 heterocycles. The van der Waals surface area contributed by atoms with Gasteiger partial charge in [0, 0.05) is 16.8 Å². The van der Waals surface area contributed by atoms with Crippen molar-refractivity contribution in [1.82, 2.24) is 0 Å². The SMILES string of the molecule is CSC(C[N+](=O)[O-])=NCCCBr. The Morgan fingerprint density at radius 3 is 2.83 bits per heavy atom. The number of rotatable bonds is 5. The molecule has 0 aromatic rings. The Morgan fingerprint density at radius 1 is 1.75 bits per heavy atom. The summed E-state index contributed by atoms with van der Waals surface area (Å²) in [6.45, 7) is 0.513. The van der Waals surface area contributed by atoms with Gasteiger partial charge < -0.3 is 0 Å². The second-order valence-corrected chi connectivity index (χ2v) is 3.69. The van der Waals surface area contributed by atoms with Gasteiger partial charge in [0.1, 0.15) is 5.04 Å². The minimum Gasteiger partial charge on any atom is -0.276 e. The van der Waals surface area contributed by atoms with Gasteiger partial charge in [-0.2, -0.15) is 0 Å². The highest BCUT2D eigenvalue weighted by molar-refractivity contribution is 9.09. The van der Waals surface area contributed by atoms with Crippen LogP contribution in [0.1, 0.15) is 6.42 Å². The summed E-state index contributed by atoms with van der Waals surface area (Å²) in [6.07, 6.45) is 2.72. The lowest BCUT2D eigenvalue weighted by atomic mass is 10.5. The predicted molar refractivity (Wildman–Crippen MR) is 56.1 cm³/mol. The molecule has 6 heteroatoms. The van der Waals surface area contributed by atoms with Crippen LogP contribution in [-0.4, -0.2) is 34.6 Å². The van der Waals surface area contributed by atoms with E-state index in [2.05, 4.69) is 20.9 Å². The topological polar surface area (TPSA) is 55.5 Å². The summed E-state index contributed by atoms with van der Waals surface area (Å²) >= 11 is 4.60. The molecular formula is C6H11BrN2O2S. The van der Waals surface area contributed by atoms with Crippen molar-refractivity contribution in [3.63, 3.8) is 0 Å². The van der Waals surface area contributed by atoms with Crippen molar-refractivity contribution in [3.8, 4) is 0 Å². The number of nitro groups is 1. The summed E-state index contributed by atoms with van der Waals surface area (Å²) in [5.74, 6) is 0. The fraction of sp³-hybridized carbons (Fsp3) is 0.833. The first-order chi connectivity index (χ1) is 5.70. The highest BCUT2D eigenvalue weighted by Gasteiger charge is 2.04. The molecule has 0 fully saturated rings. The second-order valence-electron chi connectivity index (χ2n) is 2.01. The summed E-state index contributed by atoms with van der Waals surface area (Å²) in [4.78, 5) is 13.8. The van der Waals surface area contributed by atoms with Crippen LogP contribution in [0, 0.1) is 10.1 Å². The first-order valence-electron chi connectivity index (χ1n) is 3.45. The fourth-order valence-electron chi connectivity index (χ4n) is 0.553. The molecule has 0 bridgehead atoms. The van der Waals surface area contributed by atoms with Crippen molar-refractivity contribution in [3.05, 3.63) is 10.1 Å². The van der Waals surface area contributed by atoms with Crippen molar-refractivity contribution < 1.29 is 4.92 Å². The molecule has 0 aromatic heterocycles. The third-order valence-electron chi connectivity index (χ3n) is 1.08. The van der Waals surface area contributed by atoms with Gasteiger partial charge in [-0.3, -0.25) is 15.1 Å². The zero-order valence-electron chi connectivity index (χ0n) is 6.83. The van der Waals surface area contributed by atoms with Crippen LogP contribution in [0.3, 0.4) is 0 Å². The lowest BCUT2D eigenvalue weighted by Crippen LogP contribution is -2.10. The summed E-state index contributed by atoms with van der Waals surface area (Å²) in [5.41, 5.74) is 0. The first-order valence-corrected chi connectivity index (χ1v) is 5.80. The van der Waals surface area contributed by atoms with Crippen molar-refractivity contribution >= 4 is 32.7 Å². The third kappa shape index (κ3) is 6.60. The van der Waals surface area contributed by atoms with Gasteiger partial charge in [0.15, 0.2) is 0 Å². The fourth-order valence-corrected chi connectivity index (χ4v) is 1.26. The molecule has 12 heavy (non-hydrogen) atoms. The zero-order chi connectivity index (χ0) is 9.40. The molecular weight excluding hydrogens is 244 g/mol. The molecule has 0 atom stereocenters. The average molecular weight is 255 g/mol. The molecule has 0 unspecified atom stereocenters. The number of aliphatic imine (C=N–C) groups is 1. The van der Waals surface area contributed by atoms with Crippen LogP contribution >= 0.6 is 27.7 Å². The number of thioether (sulfide) groups is 1. The lowest BCUT2D eigenvalue weighted by molar-refractivity contribution is -0.462. The van der Waals surface area contributed by atoms with Crippen LogP contribution < -0.4 is 0 Å². The molecule has 0 N–H and O–H groups in total. The number of hydrogen-bond acceptors (Lipinski definition) is 4. The number of halogens is 1. The lowest BCUT2D eigenvalue weighted by Gasteiger charge is -1.96. The molecule has 70 valence electrons. The second kappa shape index (κ2) is 7.54. The van der Waals surface area contributed by atoms with Crippen LogP contribution in [-0.2, 0) is 0 Å². The largest absolute Gasteiger partial charge is 0.276 e. The number of nitrogens with zero attached hydrogens (tertiary/aromatic N) is 2. The van der Waals surface area contributed by atoms with Crippen LogP contribution in [0.2, 0.25) is 0 Å². The normalized spacial score (nSPS) is 11.7. The minimum absolute atomic E-state index is 0.149. The van der Waals surface area contributed by atoms with Gasteiger partial charge in [0.2, 0.25) is 0 Å². The molecule has 0 rings (SSSR count). The van der Waals surface area contributed by atoms with E-state index in [-0.39, 0.29) is 11.5 Å². The smallest absolute Gasteiger partial charge is 0.250 e. The maximum atomic E-state index is 10.1. The predicted octanol–water partition coefficient (Wildman–Crippen LogP) is 1.81. The number of alkyl halides is 1. The van der Waals surface area contributed by atoms with E-state index < -0.39 is 0 Å². The molecule has 0 aromatic carbocycles. The Hall–Kier alpha value is -0.100. The van der Waals surface area contributed by atoms with Crippen LogP contribution in [0.5, 0.6) is 0 Å². The van der Waals surface area contributed by atoms with E-state index in [1.807, 2.05) is 0 Å². The van der Waals surface area contributed by atoms with Gasteiger partial charge in [0.05, 0.1) is 0 Å². The summed E-state index contributed by atoms with van der Waals surface area (Å²) < 4.78 is 0. The number of hydrogen-bond donors (Lipinski definition) is 0. The zero-order valence-corrected chi connectivity index (χ0v) is 9.23. The summed E-state index contributed by atoms with van der Waals surface area (Å²) in [5, 5.41) is 11.6. The van der Waals surface area contributed by atoms with E-state index in [0.29, 0.717) is 11.6 Å². The third-order valence-corrected chi connectivity index (χ3v) is 2.37. The molecule has 0 saturated heterocycles. The maximum Gasteiger partial charge on any atom is 0.250 e. The molecule has 0 aliphatic rings. The minimum atomic E-state index is -0.358. The average Bonchev–Trinajstić information content (AvgIpc) is 2.02. The van der Waals surface area contributed by atoms with Gasteiger partial charge in [0.25, 0.3) is 6.54 Å². The Balaban J connectivity index is 3.78.